The molecular weight excluding hydrogens is 194 g/mol. The number of aromatic nitrogens is 2. The molecule has 1 aromatic heterocycles. The summed E-state index contributed by atoms with van der Waals surface area (Å²) in [5.74, 6) is 1.24. The van der Waals surface area contributed by atoms with Gasteiger partial charge in [0, 0.05) is 0 Å². The van der Waals surface area contributed by atoms with Crippen LogP contribution in [-0.4, -0.2) is 24.2 Å². The zero-order valence-corrected chi connectivity index (χ0v) is 8.52. The lowest BCUT2D eigenvalue weighted by Crippen LogP contribution is -2.00. The molecule has 15 heavy (non-hydrogen) atoms. The molecule has 0 saturated heterocycles. The van der Waals surface area contributed by atoms with Gasteiger partial charge in [-0.3, -0.25) is 0 Å². The highest BCUT2D eigenvalue weighted by Gasteiger charge is 2.09. The summed E-state index contributed by atoms with van der Waals surface area (Å²) >= 11 is 0. The topological polar surface area (TPSA) is 70.3 Å². The Balaban J connectivity index is 2.76. The van der Waals surface area contributed by atoms with Crippen LogP contribution in [0.5, 0.6) is 11.6 Å². The number of anilines is 1. The Morgan fingerprint density at radius 1 is 1.13 bits per heavy atom. The average molecular weight is 205 g/mol. The lowest BCUT2D eigenvalue weighted by molar-refractivity contribution is 0.397. The predicted octanol–water partition coefficient (Wildman–Crippen LogP) is 1.23. The minimum Gasteiger partial charge on any atom is -0.494 e. The van der Waals surface area contributed by atoms with Gasteiger partial charge in [-0.2, -0.15) is 0 Å². The second-order valence-corrected chi connectivity index (χ2v) is 2.95. The second-order valence-electron chi connectivity index (χ2n) is 2.95. The van der Waals surface area contributed by atoms with E-state index in [0.29, 0.717) is 22.7 Å². The monoisotopic (exact) mass is 205 g/mol. The van der Waals surface area contributed by atoms with Crippen LogP contribution in [0.25, 0.3) is 11.0 Å². The number of hydrogen-bond acceptors (Lipinski definition) is 5. The third-order valence-electron chi connectivity index (χ3n) is 2.06. The third-order valence-corrected chi connectivity index (χ3v) is 2.06. The first-order valence-electron chi connectivity index (χ1n) is 4.40. The van der Waals surface area contributed by atoms with Crippen molar-refractivity contribution in [3.8, 4) is 11.6 Å². The highest BCUT2D eigenvalue weighted by molar-refractivity contribution is 5.83. The van der Waals surface area contributed by atoms with Gasteiger partial charge in [0.05, 0.1) is 19.7 Å². The van der Waals surface area contributed by atoms with Crippen molar-refractivity contribution >= 4 is 16.9 Å². The zero-order chi connectivity index (χ0) is 10.8. The van der Waals surface area contributed by atoms with E-state index in [1.807, 2.05) is 18.2 Å². The van der Waals surface area contributed by atoms with Crippen molar-refractivity contribution in [1.29, 1.82) is 0 Å². The molecule has 2 N–H and O–H groups in total. The molecule has 5 nitrogen and oxygen atoms in total. The molecule has 2 rings (SSSR count). The van der Waals surface area contributed by atoms with E-state index in [-0.39, 0.29) is 5.82 Å². The molecule has 1 heterocycles. The van der Waals surface area contributed by atoms with Crippen molar-refractivity contribution in [1.82, 2.24) is 9.97 Å². The van der Waals surface area contributed by atoms with E-state index >= 15 is 0 Å². The summed E-state index contributed by atoms with van der Waals surface area (Å²) in [7, 11) is 3.08. The molecule has 0 aliphatic rings. The Hall–Kier alpha value is -2.04. The van der Waals surface area contributed by atoms with Crippen LogP contribution in [0.15, 0.2) is 18.2 Å². The van der Waals surface area contributed by atoms with E-state index in [0.717, 1.165) is 0 Å². The predicted molar refractivity (Wildman–Crippen MR) is 57.1 cm³/mol. The van der Waals surface area contributed by atoms with E-state index in [1.165, 1.54) is 7.11 Å². The Bertz CT molecular complexity index is 499. The average Bonchev–Trinajstić information content (AvgIpc) is 2.27. The molecule has 0 aliphatic heterocycles. The summed E-state index contributed by atoms with van der Waals surface area (Å²) in [5, 5.41) is 0. The van der Waals surface area contributed by atoms with Gasteiger partial charge < -0.3 is 15.2 Å². The lowest BCUT2D eigenvalue weighted by atomic mass is 10.3. The zero-order valence-electron chi connectivity index (χ0n) is 8.52. The van der Waals surface area contributed by atoms with E-state index in [2.05, 4.69) is 9.97 Å². The van der Waals surface area contributed by atoms with Crippen molar-refractivity contribution in [3.05, 3.63) is 18.2 Å². The highest BCUT2D eigenvalue weighted by Crippen LogP contribution is 2.26. The minimum absolute atomic E-state index is 0.276. The first kappa shape index (κ1) is 9.51. The Morgan fingerprint density at radius 3 is 2.60 bits per heavy atom. The van der Waals surface area contributed by atoms with Gasteiger partial charge in [0.2, 0.25) is 0 Å². The molecule has 0 aliphatic carbocycles. The second kappa shape index (κ2) is 3.61. The van der Waals surface area contributed by atoms with Gasteiger partial charge in [0.1, 0.15) is 11.3 Å². The van der Waals surface area contributed by atoms with Crippen LogP contribution in [-0.2, 0) is 0 Å². The number of methoxy groups -OCH3 is 2. The molecule has 0 fully saturated rings. The van der Waals surface area contributed by atoms with Crippen LogP contribution < -0.4 is 15.2 Å². The summed E-state index contributed by atoms with van der Waals surface area (Å²) in [6.45, 7) is 0. The molecule has 1 aromatic carbocycles. The number of fused-ring (bicyclic) bond motifs is 1. The van der Waals surface area contributed by atoms with Gasteiger partial charge in [-0.1, -0.05) is 6.07 Å². The summed E-state index contributed by atoms with van der Waals surface area (Å²) in [4.78, 5) is 8.39. The minimum atomic E-state index is 0.276. The molecule has 2 aromatic rings. The van der Waals surface area contributed by atoms with Crippen LogP contribution in [0.2, 0.25) is 0 Å². The molecule has 0 radical (unpaired) electrons. The van der Waals surface area contributed by atoms with Crippen molar-refractivity contribution < 1.29 is 9.47 Å². The van der Waals surface area contributed by atoms with E-state index < -0.39 is 0 Å². The number of nitrogens with zero attached hydrogens (tertiary/aromatic N) is 2. The molecular formula is C10H11N3O2. The van der Waals surface area contributed by atoms with Crippen molar-refractivity contribution in [2.45, 2.75) is 0 Å². The summed E-state index contributed by atoms with van der Waals surface area (Å²) in [6.07, 6.45) is 0. The number of benzene rings is 1. The van der Waals surface area contributed by atoms with Crippen molar-refractivity contribution in [2.24, 2.45) is 0 Å². The van der Waals surface area contributed by atoms with Crippen molar-refractivity contribution in [3.63, 3.8) is 0 Å². The molecule has 0 amide bonds. The lowest BCUT2D eigenvalue weighted by Gasteiger charge is -2.07. The number of para-hydroxylation sites is 1. The summed E-state index contributed by atoms with van der Waals surface area (Å²) < 4.78 is 10.2. The molecule has 0 atom stereocenters. The first-order chi connectivity index (χ1) is 7.26. The van der Waals surface area contributed by atoms with Crippen LogP contribution in [0.1, 0.15) is 0 Å². The maximum absolute atomic E-state index is 5.65. The standard InChI is InChI=1S/C10H11N3O2/c1-14-7-5-3-4-6-8(7)13-10(15-2)9(11)12-6/h3-5H,1-2H3,(H2,11,12). The SMILES string of the molecule is COc1nc2c(OC)cccc2nc1N. The quantitative estimate of drug-likeness (QED) is 0.798. The fourth-order valence-corrected chi connectivity index (χ4v) is 1.36. The van der Waals surface area contributed by atoms with E-state index in [1.54, 1.807) is 7.11 Å². The smallest absolute Gasteiger partial charge is 0.257 e. The Morgan fingerprint density at radius 2 is 1.93 bits per heavy atom. The number of nitrogens with two attached hydrogens (primary N) is 1. The van der Waals surface area contributed by atoms with Gasteiger partial charge in [-0.05, 0) is 12.1 Å². The number of hydrogen-bond donors (Lipinski definition) is 1. The number of nitrogen functional groups attached to an aromatic ring is 1. The maximum Gasteiger partial charge on any atom is 0.257 e. The van der Waals surface area contributed by atoms with Crippen LogP contribution in [0, 0.1) is 0 Å². The summed E-state index contributed by atoms with van der Waals surface area (Å²) in [5.41, 5.74) is 6.98. The normalized spacial score (nSPS) is 10.3. The van der Waals surface area contributed by atoms with Gasteiger partial charge in [0.15, 0.2) is 5.82 Å². The van der Waals surface area contributed by atoms with Gasteiger partial charge in [0.25, 0.3) is 5.88 Å². The largest absolute Gasteiger partial charge is 0.494 e. The number of ether oxygens (including phenoxy) is 2. The Labute approximate surface area is 86.8 Å². The molecule has 0 saturated carbocycles. The summed E-state index contributed by atoms with van der Waals surface area (Å²) in [6, 6.07) is 5.47. The van der Waals surface area contributed by atoms with Gasteiger partial charge in [-0.25, -0.2) is 9.97 Å². The highest BCUT2D eigenvalue weighted by atomic mass is 16.5. The van der Waals surface area contributed by atoms with Gasteiger partial charge >= 0.3 is 0 Å². The fraction of sp³-hybridized carbons (Fsp3) is 0.200. The van der Waals surface area contributed by atoms with E-state index in [9.17, 15) is 0 Å². The molecule has 0 spiro atoms. The Kier molecular flexibility index (Phi) is 2.29. The van der Waals surface area contributed by atoms with E-state index in [4.69, 9.17) is 15.2 Å². The molecule has 5 heteroatoms. The maximum atomic E-state index is 5.65. The van der Waals surface area contributed by atoms with Gasteiger partial charge in [-0.15, -0.1) is 0 Å². The van der Waals surface area contributed by atoms with Crippen LogP contribution in [0.4, 0.5) is 5.82 Å². The molecule has 0 bridgehead atoms. The first-order valence-corrected chi connectivity index (χ1v) is 4.40. The molecule has 78 valence electrons. The van der Waals surface area contributed by atoms with Crippen LogP contribution >= 0.6 is 0 Å². The number of rotatable bonds is 2. The fourth-order valence-electron chi connectivity index (χ4n) is 1.36. The third kappa shape index (κ3) is 1.52. The van der Waals surface area contributed by atoms with Crippen molar-refractivity contribution in [2.75, 3.05) is 20.0 Å². The van der Waals surface area contributed by atoms with Crippen LogP contribution in [0.3, 0.4) is 0 Å². The molecule has 0 unspecified atom stereocenters.